The zero-order valence-corrected chi connectivity index (χ0v) is 11.6. The summed E-state index contributed by atoms with van der Waals surface area (Å²) >= 11 is 0. The van der Waals surface area contributed by atoms with Crippen molar-refractivity contribution < 1.29 is 12.8 Å². The van der Waals surface area contributed by atoms with Crippen LogP contribution in [-0.2, 0) is 10.0 Å². The molecule has 1 aliphatic carbocycles. The van der Waals surface area contributed by atoms with Crippen molar-refractivity contribution in [3.05, 3.63) is 35.6 Å². The Morgan fingerprint density at radius 1 is 1.05 bits per heavy atom. The van der Waals surface area contributed by atoms with Crippen LogP contribution < -0.4 is 0 Å². The lowest BCUT2D eigenvalue weighted by atomic mass is 9.97. The summed E-state index contributed by atoms with van der Waals surface area (Å²) in [6.07, 6.45) is 4.35. The molecule has 3 nitrogen and oxygen atoms in total. The summed E-state index contributed by atoms with van der Waals surface area (Å²) in [4.78, 5) is 0. The zero-order chi connectivity index (χ0) is 13.5. The van der Waals surface area contributed by atoms with Crippen LogP contribution in [0, 0.1) is 5.82 Å². The molecule has 0 N–H and O–H groups in total. The first-order valence-corrected chi connectivity index (χ1v) is 8.35. The van der Waals surface area contributed by atoms with Gasteiger partial charge in [-0.2, -0.15) is 4.31 Å². The van der Waals surface area contributed by atoms with Crippen LogP contribution in [0.25, 0.3) is 0 Å². The molecule has 19 heavy (non-hydrogen) atoms. The summed E-state index contributed by atoms with van der Waals surface area (Å²) < 4.78 is 39.5. The van der Waals surface area contributed by atoms with Crippen molar-refractivity contribution in [3.63, 3.8) is 0 Å². The van der Waals surface area contributed by atoms with E-state index >= 15 is 0 Å². The number of sulfonamides is 1. The number of nitrogens with zero attached hydrogens (tertiary/aromatic N) is 1. The van der Waals surface area contributed by atoms with Crippen LogP contribution in [-0.4, -0.2) is 24.5 Å². The molecule has 1 saturated heterocycles. The lowest BCUT2D eigenvalue weighted by molar-refractivity contribution is 0.255. The minimum Gasteiger partial charge on any atom is -0.212 e. The Morgan fingerprint density at radius 2 is 1.74 bits per heavy atom. The highest BCUT2D eigenvalue weighted by Crippen LogP contribution is 2.39. The Kier molecular flexibility index (Phi) is 3.35. The second-order valence-electron chi connectivity index (χ2n) is 5.42. The number of halogens is 1. The van der Waals surface area contributed by atoms with Gasteiger partial charge in [0.1, 0.15) is 5.82 Å². The Hall–Kier alpha value is -0.940. The first-order chi connectivity index (χ1) is 9.09. The molecule has 2 fully saturated rings. The third kappa shape index (κ3) is 2.54. The fraction of sp³-hybridized carbons (Fsp3) is 0.571. The Labute approximate surface area is 113 Å². The van der Waals surface area contributed by atoms with E-state index in [1.165, 1.54) is 12.1 Å². The van der Waals surface area contributed by atoms with Crippen molar-refractivity contribution in [3.8, 4) is 0 Å². The highest BCUT2D eigenvalue weighted by atomic mass is 32.2. The highest BCUT2D eigenvalue weighted by Gasteiger charge is 2.43. The standard InChI is InChI=1S/C14H18FNO2S/c15-12-6-4-11(5-7-12)14-3-1-2-10-16(14)19(17,18)13-8-9-13/h4-7,13-14H,1-3,8-10H2/t14-/m0/s1. The van der Waals surface area contributed by atoms with E-state index in [-0.39, 0.29) is 17.1 Å². The first-order valence-electron chi connectivity index (χ1n) is 6.85. The fourth-order valence-corrected chi connectivity index (χ4v) is 4.87. The molecule has 3 rings (SSSR count). The van der Waals surface area contributed by atoms with Gasteiger partial charge in [-0.25, -0.2) is 12.8 Å². The smallest absolute Gasteiger partial charge is 0.212 e. The fourth-order valence-electron chi connectivity index (χ4n) is 2.78. The van der Waals surface area contributed by atoms with Gasteiger partial charge < -0.3 is 0 Å². The van der Waals surface area contributed by atoms with Crippen molar-refractivity contribution in [2.75, 3.05) is 6.54 Å². The predicted molar refractivity (Wildman–Crippen MR) is 71.6 cm³/mol. The van der Waals surface area contributed by atoms with Gasteiger partial charge in [-0.05, 0) is 43.4 Å². The first kappa shape index (κ1) is 13.1. The second-order valence-corrected chi connectivity index (χ2v) is 7.58. The minimum atomic E-state index is -3.16. The molecule has 1 saturated carbocycles. The third-order valence-electron chi connectivity index (χ3n) is 3.98. The van der Waals surface area contributed by atoms with E-state index in [2.05, 4.69) is 0 Å². The molecule has 2 aliphatic rings. The summed E-state index contributed by atoms with van der Waals surface area (Å²) in [6, 6.07) is 6.12. The average Bonchev–Trinajstić information content (AvgIpc) is 3.24. The molecule has 1 aromatic carbocycles. The SMILES string of the molecule is O=S(=O)(C1CC1)N1CCCC[C@H]1c1ccc(F)cc1. The maximum absolute atomic E-state index is 13.0. The molecule has 5 heteroatoms. The molecular weight excluding hydrogens is 265 g/mol. The molecule has 0 amide bonds. The number of benzene rings is 1. The van der Waals surface area contributed by atoms with Gasteiger partial charge in [-0.3, -0.25) is 0 Å². The number of hydrogen-bond donors (Lipinski definition) is 0. The molecule has 0 spiro atoms. The van der Waals surface area contributed by atoms with E-state index in [1.807, 2.05) is 0 Å². The summed E-state index contributed by atoms with van der Waals surface area (Å²) in [5.41, 5.74) is 0.908. The molecule has 1 aromatic rings. The van der Waals surface area contributed by atoms with Crippen LogP contribution in [0.15, 0.2) is 24.3 Å². The molecule has 1 aliphatic heterocycles. The van der Waals surface area contributed by atoms with Crippen molar-refractivity contribution in [2.24, 2.45) is 0 Å². The van der Waals surface area contributed by atoms with Crippen molar-refractivity contribution >= 4 is 10.0 Å². The molecule has 0 radical (unpaired) electrons. The summed E-state index contributed by atoms with van der Waals surface area (Å²) in [5, 5.41) is -0.173. The lowest BCUT2D eigenvalue weighted by Crippen LogP contribution is -2.40. The topological polar surface area (TPSA) is 37.4 Å². The summed E-state index contributed by atoms with van der Waals surface area (Å²) in [6.45, 7) is 0.598. The molecule has 104 valence electrons. The monoisotopic (exact) mass is 283 g/mol. The average molecular weight is 283 g/mol. The quantitative estimate of drug-likeness (QED) is 0.855. The van der Waals surface area contributed by atoms with Crippen LogP contribution in [0.3, 0.4) is 0 Å². The summed E-state index contributed by atoms with van der Waals surface area (Å²) in [7, 11) is -3.16. The van der Waals surface area contributed by atoms with Crippen LogP contribution in [0.2, 0.25) is 0 Å². The summed E-state index contributed by atoms with van der Waals surface area (Å²) in [5.74, 6) is -0.281. The largest absolute Gasteiger partial charge is 0.217 e. The number of hydrogen-bond acceptors (Lipinski definition) is 2. The Morgan fingerprint density at radius 3 is 2.37 bits per heavy atom. The molecule has 0 bridgehead atoms. The van der Waals surface area contributed by atoms with Crippen LogP contribution >= 0.6 is 0 Å². The van der Waals surface area contributed by atoms with Crippen molar-refractivity contribution in [1.82, 2.24) is 4.31 Å². The minimum absolute atomic E-state index is 0.111. The molecular formula is C14H18FNO2S. The van der Waals surface area contributed by atoms with Crippen LogP contribution in [0.1, 0.15) is 43.7 Å². The third-order valence-corrected chi connectivity index (χ3v) is 6.39. The predicted octanol–water partition coefficient (Wildman–Crippen LogP) is 2.84. The lowest BCUT2D eigenvalue weighted by Gasteiger charge is -2.35. The second kappa shape index (κ2) is 4.87. The molecule has 1 atom stereocenters. The molecule has 0 aromatic heterocycles. The van der Waals surface area contributed by atoms with Gasteiger partial charge in [0.25, 0.3) is 0 Å². The maximum Gasteiger partial charge on any atom is 0.217 e. The van der Waals surface area contributed by atoms with Gasteiger partial charge in [0.15, 0.2) is 0 Å². The van der Waals surface area contributed by atoms with Gasteiger partial charge in [0.2, 0.25) is 10.0 Å². The Bertz CT molecular complexity index is 551. The maximum atomic E-state index is 13.0. The van der Waals surface area contributed by atoms with E-state index in [9.17, 15) is 12.8 Å². The van der Waals surface area contributed by atoms with Gasteiger partial charge in [0, 0.05) is 12.6 Å². The zero-order valence-electron chi connectivity index (χ0n) is 10.8. The highest BCUT2D eigenvalue weighted by molar-refractivity contribution is 7.90. The molecule has 0 unspecified atom stereocenters. The van der Waals surface area contributed by atoms with Crippen molar-refractivity contribution in [1.29, 1.82) is 0 Å². The van der Waals surface area contributed by atoms with Gasteiger partial charge in [-0.15, -0.1) is 0 Å². The number of rotatable bonds is 3. The van der Waals surface area contributed by atoms with E-state index in [0.29, 0.717) is 6.54 Å². The van der Waals surface area contributed by atoms with Crippen LogP contribution in [0.4, 0.5) is 4.39 Å². The van der Waals surface area contributed by atoms with E-state index in [0.717, 1.165) is 37.7 Å². The Balaban J connectivity index is 1.90. The van der Waals surface area contributed by atoms with Gasteiger partial charge in [-0.1, -0.05) is 18.6 Å². The van der Waals surface area contributed by atoms with Gasteiger partial charge in [0.05, 0.1) is 5.25 Å². The van der Waals surface area contributed by atoms with Crippen molar-refractivity contribution in [2.45, 2.75) is 43.4 Å². The van der Waals surface area contributed by atoms with E-state index < -0.39 is 10.0 Å². The van der Waals surface area contributed by atoms with E-state index in [4.69, 9.17) is 0 Å². The molecule has 1 heterocycles. The van der Waals surface area contributed by atoms with Gasteiger partial charge >= 0.3 is 0 Å². The number of piperidine rings is 1. The normalized spacial score (nSPS) is 25.4. The van der Waals surface area contributed by atoms with Crippen LogP contribution in [0.5, 0.6) is 0 Å². The van der Waals surface area contributed by atoms with E-state index in [1.54, 1.807) is 16.4 Å².